The highest BCUT2D eigenvalue weighted by Gasteiger charge is 2.26. The first-order valence-corrected chi connectivity index (χ1v) is 9.71. The van der Waals surface area contributed by atoms with Crippen LogP contribution in [0.25, 0.3) is 10.9 Å². The van der Waals surface area contributed by atoms with Crippen LogP contribution in [0.2, 0.25) is 0 Å². The van der Waals surface area contributed by atoms with Gasteiger partial charge in [-0.25, -0.2) is 4.79 Å². The Bertz CT molecular complexity index is 933. The Balaban J connectivity index is 1.31. The number of rotatable bonds is 4. The van der Waals surface area contributed by atoms with Crippen molar-refractivity contribution in [3.63, 3.8) is 0 Å². The summed E-state index contributed by atoms with van der Waals surface area (Å²) in [7, 11) is 0. The monoisotopic (exact) mass is 365 g/mol. The van der Waals surface area contributed by atoms with Crippen molar-refractivity contribution in [2.45, 2.75) is 39.2 Å². The van der Waals surface area contributed by atoms with E-state index in [1.54, 1.807) is 0 Å². The van der Waals surface area contributed by atoms with Gasteiger partial charge in [-0.1, -0.05) is 18.2 Å². The molecule has 0 saturated carbocycles. The summed E-state index contributed by atoms with van der Waals surface area (Å²) in [5.41, 5.74) is 5.03. The van der Waals surface area contributed by atoms with Crippen LogP contribution in [-0.4, -0.2) is 45.3 Å². The van der Waals surface area contributed by atoms with Gasteiger partial charge in [-0.3, -0.25) is 4.68 Å². The van der Waals surface area contributed by atoms with Crippen LogP contribution in [0.15, 0.2) is 36.7 Å². The van der Waals surface area contributed by atoms with E-state index in [0.29, 0.717) is 19.0 Å². The number of aromatic nitrogens is 3. The van der Waals surface area contributed by atoms with E-state index in [1.807, 2.05) is 28.9 Å². The number of urea groups is 1. The Morgan fingerprint density at radius 3 is 2.78 bits per heavy atom. The van der Waals surface area contributed by atoms with Gasteiger partial charge in [-0.05, 0) is 49.8 Å². The van der Waals surface area contributed by atoms with E-state index in [4.69, 9.17) is 0 Å². The molecule has 4 rings (SSSR count). The Kier molecular flexibility index (Phi) is 4.88. The number of para-hydroxylation sites is 1. The minimum Gasteiger partial charge on any atom is -0.358 e. The third-order valence-corrected chi connectivity index (χ3v) is 5.51. The maximum absolute atomic E-state index is 12.4. The second kappa shape index (κ2) is 7.47. The number of fused-ring (bicyclic) bond motifs is 1. The van der Waals surface area contributed by atoms with Crippen molar-refractivity contribution in [1.29, 1.82) is 0 Å². The summed E-state index contributed by atoms with van der Waals surface area (Å²) in [6.07, 6.45) is 5.84. The number of hydrogen-bond donors (Lipinski definition) is 2. The number of nitrogens with zero attached hydrogens (tertiary/aromatic N) is 3. The predicted octanol–water partition coefficient (Wildman–Crippen LogP) is 3.57. The van der Waals surface area contributed by atoms with Crippen molar-refractivity contribution in [3.8, 4) is 0 Å². The number of hydrogen-bond acceptors (Lipinski definition) is 2. The van der Waals surface area contributed by atoms with Gasteiger partial charge in [-0.2, -0.15) is 5.10 Å². The molecule has 142 valence electrons. The van der Waals surface area contributed by atoms with E-state index >= 15 is 0 Å². The van der Waals surface area contributed by atoms with Gasteiger partial charge in [-0.15, -0.1) is 0 Å². The molecule has 0 radical (unpaired) electrons. The minimum atomic E-state index is 0.0352. The quantitative estimate of drug-likeness (QED) is 0.742. The first kappa shape index (κ1) is 17.6. The van der Waals surface area contributed by atoms with E-state index in [9.17, 15) is 4.79 Å². The van der Waals surface area contributed by atoms with Crippen LogP contribution >= 0.6 is 0 Å². The molecule has 1 fully saturated rings. The molecule has 27 heavy (non-hydrogen) atoms. The van der Waals surface area contributed by atoms with Crippen LogP contribution in [0, 0.1) is 13.8 Å². The molecule has 0 bridgehead atoms. The maximum Gasteiger partial charge on any atom is 0.317 e. The van der Waals surface area contributed by atoms with Crippen LogP contribution < -0.4 is 5.32 Å². The lowest BCUT2D eigenvalue weighted by Crippen LogP contribution is -2.44. The fourth-order valence-electron chi connectivity index (χ4n) is 4.17. The second-order valence-corrected chi connectivity index (χ2v) is 7.48. The molecule has 6 heteroatoms. The zero-order valence-corrected chi connectivity index (χ0v) is 16.0. The maximum atomic E-state index is 12.4. The van der Waals surface area contributed by atoms with Crippen molar-refractivity contribution in [2.75, 3.05) is 19.6 Å². The molecule has 2 amide bonds. The van der Waals surface area contributed by atoms with Crippen molar-refractivity contribution < 1.29 is 4.79 Å². The molecule has 1 aliphatic rings. The number of amides is 2. The summed E-state index contributed by atoms with van der Waals surface area (Å²) in [5, 5.41) is 8.59. The number of carbonyl (C=O) groups excluding carboxylic acids is 1. The average Bonchev–Trinajstić information content (AvgIpc) is 3.23. The Labute approximate surface area is 159 Å². The fourth-order valence-corrected chi connectivity index (χ4v) is 4.17. The molecular formula is C21H27N5O. The van der Waals surface area contributed by atoms with Gasteiger partial charge >= 0.3 is 6.03 Å². The summed E-state index contributed by atoms with van der Waals surface area (Å²) in [4.78, 5) is 17.9. The van der Waals surface area contributed by atoms with Crippen molar-refractivity contribution >= 4 is 16.9 Å². The van der Waals surface area contributed by atoms with E-state index in [1.165, 1.54) is 22.2 Å². The molecule has 1 aromatic carbocycles. The molecule has 0 atom stereocenters. The first-order valence-electron chi connectivity index (χ1n) is 9.71. The molecule has 0 unspecified atom stereocenters. The Morgan fingerprint density at radius 1 is 1.26 bits per heavy atom. The number of H-pyrrole nitrogens is 1. The zero-order valence-electron chi connectivity index (χ0n) is 16.0. The summed E-state index contributed by atoms with van der Waals surface area (Å²) < 4.78 is 1.86. The molecule has 1 saturated heterocycles. The SMILES string of the molecule is Cc1cnn(CCNC(=O)N2CCC(c3c(C)[nH]c4ccccc34)CC2)c1. The summed E-state index contributed by atoms with van der Waals surface area (Å²) >= 11 is 0. The van der Waals surface area contributed by atoms with Crippen molar-refractivity contribution in [1.82, 2.24) is 25.0 Å². The highest BCUT2D eigenvalue weighted by Crippen LogP contribution is 2.35. The number of likely N-dealkylation sites (tertiary alicyclic amines) is 1. The lowest BCUT2D eigenvalue weighted by molar-refractivity contribution is 0.181. The molecule has 0 aliphatic carbocycles. The predicted molar refractivity (Wildman–Crippen MR) is 107 cm³/mol. The highest BCUT2D eigenvalue weighted by atomic mass is 16.2. The number of aryl methyl sites for hydroxylation is 2. The van der Waals surface area contributed by atoms with E-state index < -0.39 is 0 Å². The average molecular weight is 365 g/mol. The lowest BCUT2D eigenvalue weighted by atomic mass is 9.87. The standard InChI is InChI=1S/C21H27N5O/c1-15-13-23-26(14-15)12-9-22-21(27)25-10-7-17(8-11-25)20-16(2)24-19-6-4-3-5-18(19)20/h3-6,13-14,17,24H,7-12H2,1-2H3,(H,22,27). The van der Waals surface area contributed by atoms with E-state index in [2.05, 4.69) is 46.6 Å². The molecule has 2 N–H and O–H groups in total. The highest BCUT2D eigenvalue weighted by molar-refractivity contribution is 5.85. The molecule has 3 heterocycles. The van der Waals surface area contributed by atoms with Crippen LogP contribution in [0.1, 0.15) is 35.6 Å². The van der Waals surface area contributed by atoms with Crippen LogP contribution in [-0.2, 0) is 6.54 Å². The van der Waals surface area contributed by atoms with Crippen LogP contribution in [0.5, 0.6) is 0 Å². The van der Waals surface area contributed by atoms with Gasteiger partial charge in [0.2, 0.25) is 0 Å². The minimum absolute atomic E-state index is 0.0352. The van der Waals surface area contributed by atoms with Crippen LogP contribution in [0.3, 0.4) is 0 Å². The number of benzene rings is 1. The molecule has 1 aliphatic heterocycles. The van der Waals surface area contributed by atoms with Gasteiger partial charge < -0.3 is 15.2 Å². The fraction of sp³-hybridized carbons (Fsp3) is 0.429. The largest absolute Gasteiger partial charge is 0.358 e. The van der Waals surface area contributed by atoms with Crippen molar-refractivity contribution in [2.24, 2.45) is 0 Å². The van der Waals surface area contributed by atoms with Crippen LogP contribution in [0.4, 0.5) is 4.79 Å². The third kappa shape index (κ3) is 3.70. The molecular weight excluding hydrogens is 338 g/mol. The topological polar surface area (TPSA) is 66.0 Å². The Morgan fingerprint density at radius 2 is 2.04 bits per heavy atom. The summed E-state index contributed by atoms with van der Waals surface area (Å²) in [5.74, 6) is 0.511. The molecule has 2 aromatic heterocycles. The first-order chi connectivity index (χ1) is 13.1. The number of aromatic amines is 1. The zero-order chi connectivity index (χ0) is 18.8. The van der Waals surface area contributed by atoms with Crippen molar-refractivity contribution in [3.05, 3.63) is 53.5 Å². The van der Waals surface area contributed by atoms with E-state index in [0.717, 1.165) is 31.5 Å². The molecule has 0 spiro atoms. The van der Waals surface area contributed by atoms with Gasteiger partial charge in [0.25, 0.3) is 0 Å². The van der Waals surface area contributed by atoms with E-state index in [-0.39, 0.29) is 6.03 Å². The number of nitrogens with one attached hydrogen (secondary N) is 2. The number of piperidine rings is 1. The normalized spacial score (nSPS) is 15.4. The van der Waals surface area contributed by atoms with Gasteiger partial charge in [0.05, 0.1) is 12.7 Å². The third-order valence-electron chi connectivity index (χ3n) is 5.51. The van der Waals surface area contributed by atoms with Gasteiger partial charge in [0.15, 0.2) is 0 Å². The van der Waals surface area contributed by atoms with Gasteiger partial charge in [0, 0.05) is 42.4 Å². The lowest BCUT2D eigenvalue weighted by Gasteiger charge is -2.32. The molecule has 6 nitrogen and oxygen atoms in total. The Hall–Kier alpha value is -2.76. The number of carbonyl (C=O) groups is 1. The molecule has 3 aromatic rings. The second-order valence-electron chi connectivity index (χ2n) is 7.48. The summed E-state index contributed by atoms with van der Waals surface area (Å²) in [6.45, 7) is 7.08. The summed E-state index contributed by atoms with van der Waals surface area (Å²) in [6, 6.07) is 8.54. The van der Waals surface area contributed by atoms with Gasteiger partial charge in [0.1, 0.15) is 0 Å². The smallest absolute Gasteiger partial charge is 0.317 e.